The SMILES string of the molecule is CC(=O)Nc1ccc(NC(=O)c2cccc(C(=O)N3CCCCC3)n2)cc1. The highest BCUT2D eigenvalue weighted by molar-refractivity contribution is 6.04. The van der Waals surface area contributed by atoms with Crippen molar-refractivity contribution >= 4 is 29.1 Å². The molecule has 1 aliphatic heterocycles. The molecule has 0 spiro atoms. The molecule has 7 heteroatoms. The minimum atomic E-state index is -0.393. The number of likely N-dealkylation sites (tertiary alicyclic amines) is 1. The van der Waals surface area contributed by atoms with Crippen molar-refractivity contribution in [1.29, 1.82) is 0 Å². The van der Waals surface area contributed by atoms with Crippen LogP contribution in [-0.4, -0.2) is 40.7 Å². The Kier molecular flexibility index (Phi) is 5.80. The van der Waals surface area contributed by atoms with Gasteiger partial charge < -0.3 is 15.5 Å². The van der Waals surface area contributed by atoms with E-state index in [-0.39, 0.29) is 23.2 Å². The fraction of sp³-hybridized carbons (Fsp3) is 0.300. The molecular formula is C20H22N4O3. The van der Waals surface area contributed by atoms with Crippen molar-refractivity contribution in [2.75, 3.05) is 23.7 Å². The lowest BCUT2D eigenvalue weighted by Gasteiger charge is -2.26. The van der Waals surface area contributed by atoms with Gasteiger partial charge in [0.05, 0.1) is 0 Å². The second kappa shape index (κ2) is 8.44. The Hall–Kier alpha value is -3.22. The minimum Gasteiger partial charge on any atom is -0.337 e. The summed E-state index contributed by atoms with van der Waals surface area (Å²) in [5.74, 6) is -0.689. The van der Waals surface area contributed by atoms with Gasteiger partial charge in [0.25, 0.3) is 11.8 Å². The van der Waals surface area contributed by atoms with Crippen LogP contribution in [0.1, 0.15) is 47.2 Å². The Morgan fingerprint density at radius 2 is 1.44 bits per heavy atom. The molecule has 0 aliphatic carbocycles. The van der Waals surface area contributed by atoms with Crippen molar-refractivity contribution in [3.05, 3.63) is 53.9 Å². The predicted molar refractivity (Wildman–Crippen MR) is 103 cm³/mol. The molecule has 7 nitrogen and oxygen atoms in total. The summed E-state index contributed by atoms with van der Waals surface area (Å²) in [5.41, 5.74) is 1.69. The molecule has 2 heterocycles. The second-order valence-corrected chi connectivity index (χ2v) is 6.47. The van der Waals surface area contributed by atoms with Crippen LogP contribution in [0.15, 0.2) is 42.5 Å². The van der Waals surface area contributed by atoms with Crippen LogP contribution in [0, 0.1) is 0 Å². The number of hydrogen-bond donors (Lipinski definition) is 2. The summed E-state index contributed by atoms with van der Waals surface area (Å²) in [6.45, 7) is 2.90. The maximum absolute atomic E-state index is 12.6. The lowest BCUT2D eigenvalue weighted by atomic mass is 10.1. The van der Waals surface area contributed by atoms with Crippen molar-refractivity contribution in [2.45, 2.75) is 26.2 Å². The summed E-state index contributed by atoms with van der Waals surface area (Å²) < 4.78 is 0. The molecule has 3 amide bonds. The van der Waals surface area contributed by atoms with E-state index in [1.807, 2.05) is 0 Å². The van der Waals surface area contributed by atoms with E-state index in [1.54, 1.807) is 47.4 Å². The van der Waals surface area contributed by atoms with Gasteiger partial charge >= 0.3 is 0 Å². The molecule has 2 aromatic rings. The monoisotopic (exact) mass is 366 g/mol. The number of nitrogens with one attached hydrogen (secondary N) is 2. The fourth-order valence-corrected chi connectivity index (χ4v) is 2.97. The number of piperidine rings is 1. The molecule has 1 aromatic carbocycles. The first kappa shape index (κ1) is 18.6. The first-order valence-electron chi connectivity index (χ1n) is 8.98. The van der Waals surface area contributed by atoms with Gasteiger partial charge in [0.1, 0.15) is 11.4 Å². The van der Waals surface area contributed by atoms with Gasteiger partial charge in [-0.15, -0.1) is 0 Å². The van der Waals surface area contributed by atoms with Crippen LogP contribution in [0.3, 0.4) is 0 Å². The lowest BCUT2D eigenvalue weighted by molar-refractivity contribution is -0.114. The summed E-state index contributed by atoms with van der Waals surface area (Å²) in [5, 5.41) is 5.41. The number of benzene rings is 1. The van der Waals surface area contributed by atoms with Crippen molar-refractivity contribution < 1.29 is 14.4 Å². The molecule has 1 aromatic heterocycles. The van der Waals surface area contributed by atoms with E-state index < -0.39 is 5.91 Å². The molecule has 27 heavy (non-hydrogen) atoms. The molecule has 0 unspecified atom stereocenters. The molecular weight excluding hydrogens is 344 g/mol. The van der Waals surface area contributed by atoms with Crippen LogP contribution < -0.4 is 10.6 Å². The summed E-state index contributed by atoms with van der Waals surface area (Å²) >= 11 is 0. The van der Waals surface area contributed by atoms with E-state index in [0.717, 1.165) is 32.4 Å². The molecule has 0 radical (unpaired) electrons. The molecule has 1 saturated heterocycles. The number of aromatic nitrogens is 1. The van der Waals surface area contributed by atoms with Gasteiger partial charge in [-0.05, 0) is 55.7 Å². The van der Waals surface area contributed by atoms with Gasteiger partial charge in [0.2, 0.25) is 5.91 Å². The first-order valence-corrected chi connectivity index (χ1v) is 8.98. The van der Waals surface area contributed by atoms with E-state index in [1.165, 1.54) is 6.92 Å². The number of pyridine rings is 1. The largest absolute Gasteiger partial charge is 0.337 e. The minimum absolute atomic E-state index is 0.135. The molecule has 0 saturated carbocycles. The maximum atomic E-state index is 12.6. The number of anilines is 2. The highest BCUT2D eigenvalue weighted by Gasteiger charge is 2.20. The van der Waals surface area contributed by atoms with Gasteiger partial charge in [-0.2, -0.15) is 0 Å². The van der Waals surface area contributed by atoms with E-state index >= 15 is 0 Å². The Labute approximate surface area is 157 Å². The average molecular weight is 366 g/mol. The van der Waals surface area contributed by atoms with Gasteiger partial charge in [-0.3, -0.25) is 14.4 Å². The standard InChI is InChI=1S/C20H22N4O3/c1-14(25)21-15-8-10-16(11-9-15)22-19(26)17-6-5-7-18(23-17)20(27)24-12-3-2-4-13-24/h5-11H,2-4,12-13H2,1H3,(H,21,25)(H,22,26). The fourth-order valence-electron chi connectivity index (χ4n) is 2.97. The smallest absolute Gasteiger partial charge is 0.274 e. The van der Waals surface area contributed by atoms with Gasteiger partial charge in [-0.1, -0.05) is 6.07 Å². The van der Waals surface area contributed by atoms with Crippen molar-refractivity contribution in [3.8, 4) is 0 Å². The Morgan fingerprint density at radius 3 is 2.07 bits per heavy atom. The average Bonchev–Trinajstić information content (AvgIpc) is 2.69. The van der Waals surface area contributed by atoms with Crippen molar-refractivity contribution in [1.82, 2.24) is 9.88 Å². The maximum Gasteiger partial charge on any atom is 0.274 e. The topological polar surface area (TPSA) is 91.4 Å². The van der Waals surface area contributed by atoms with Crippen LogP contribution in [-0.2, 0) is 4.79 Å². The number of amides is 3. The third-order valence-electron chi connectivity index (χ3n) is 4.31. The molecule has 1 aliphatic rings. The van der Waals surface area contributed by atoms with Gasteiger partial charge in [0.15, 0.2) is 0 Å². The first-order chi connectivity index (χ1) is 13.0. The highest BCUT2D eigenvalue weighted by Crippen LogP contribution is 2.15. The summed E-state index contributed by atoms with van der Waals surface area (Å²) in [7, 11) is 0. The zero-order chi connectivity index (χ0) is 19.2. The summed E-state index contributed by atoms with van der Waals surface area (Å²) in [4.78, 5) is 42.1. The van der Waals surface area contributed by atoms with Crippen molar-refractivity contribution in [3.63, 3.8) is 0 Å². The van der Waals surface area contributed by atoms with E-state index in [0.29, 0.717) is 11.4 Å². The molecule has 3 rings (SSSR count). The van der Waals surface area contributed by atoms with E-state index in [9.17, 15) is 14.4 Å². The lowest BCUT2D eigenvalue weighted by Crippen LogP contribution is -2.36. The van der Waals surface area contributed by atoms with Crippen LogP contribution in [0.2, 0.25) is 0 Å². The van der Waals surface area contributed by atoms with Crippen LogP contribution in [0.25, 0.3) is 0 Å². The quantitative estimate of drug-likeness (QED) is 0.870. The highest BCUT2D eigenvalue weighted by atomic mass is 16.2. The molecule has 140 valence electrons. The third-order valence-corrected chi connectivity index (χ3v) is 4.31. The van der Waals surface area contributed by atoms with Gasteiger partial charge in [0, 0.05) is 31.4 Å². The molecule has 1 fully saturated rings. The predicted octanol–water partition coefficient (Wildman–Crippen LogP) is 2.92. The second-order valence-electron chi connectivity index (χ2n) is 6.47. The normalized spacial score (nSPS) is 13.7. The summed E-state index contributed by atoms with van der Waals surface area (Å²) in [6.07, 6.45) is 3.14. The number of carbonyl (C=O) groups is 3. The Bertz CT molecular complexity index is 843. The Balaban J connectivity index is 1.68. The summed E-state index contributed by atoms with van der Waals surface area (Å²) in [6, 6.07) is 11.6. The number of nitrogens with zero attached hydrogens (tertiary/aromatic N) is 2. The zero-order valence-electron chi connectivity index (χ0n) is 15.2. The van der Waals surface area contributed by atoms with Crippen molar-refractivity contribution in [2.24, 2.45) is 0 Å². The number of hydrogen-bond acceptors (Lipinski definition) is 4. The molecule has 2 N–H and O–H groups in total. The van der Waals surface area contributed by atoms with Crippen LogP contribution >= 0.6 is 0 Å². The molecule has 0 atom stereocenters. The number of carbonyl (C=O) groups excluding carboxylic acids is 3. The van der Waals surface area contributed by atoms with Crippen LogP contribution in [0.5, 0.6) is 0 Å². The molecule has 0 bridgehead atoms. The Morgan fingerprint density at radius 1 is 0.852 bits per heavy atom. The third kappa shape index (κ3) is 4.91. The van der Waals surface area contributed by atoms with Crippen LogP contribution in [0.4, 0.5) is 11.4 Å². The van der Waals surface area contributed by atoms with E-state index in [4.69, 9.17) is 0 Å². The van der Waals surface area contributed by atoms with Gasteiger partial charge in [-0.25, -0.2) is 4.98 Å². The zero-order valence-corrected chi connectivity index (χ0v) is 15.2. The van der Waals surface area contributed by atoms with E-state index in [2.05, 4.69) is 15.6 Å². The number of rotatable bonds is 4.